The number of hydrogen-bond acceptors (Lipinski definition) is 3. The third kappa shape index (κ3) is 5.09. The molecule has 0 saturated heterocycles. The fourth-order valence-electron chi connectivity index (χ4n) is 2.04. The highest BCUT2D eigenvalue weighted by Gasteiger charge is 2.20. The smallest absolute Gasteiger partial charge is 0.252 e. The minimum absolute atomic E-state index is 0.00798. The highest BCUT2D eigenvalue weighted by molar-refractivity contribution is 6.34. The molecule has 0 aromatic heterocycles. The summed E-state index contributed by atoms with van der Waals surface area (Å²) < 4.78 is 0. The van der Waals surface area contributed by atoms with Crippen molar-refractivity contribution in [3.63, 3.8) is 0 Å². The maximum absolute atomic E-state index is 12.1. The van der Waals surface area contributed by atoms with Crippen LogP contribution in [0, 0.1) is 5.41 Å². The van der Waals surface area contributed by atoms with Gasteiger partial charge in [0.1, 0.15) is 0 Å². The molecule has 4 nitrogen and oxygen atoms in total. The topological polar surface area (TPSA) is 58.4 Å². The Kier molecular flexibility index (Phi) is 5.20. The predicted octanol–water partition coefficient (Wildman–Crippen LogP) is 2.24. The summed E-state index contributed by atoms with van der Waals surface area (Å²) in [5.41, 5.74) is 6.61. The van der Waals surface area contributed by atoms with Gasteiger partial charge in [0, 0.05) is 18.8 Å². The second-order valence-electron chi connectivity index (χ2n) is 5.82. The summed E-state index contributed by atoms with van der Waals surface area (Å²) in [5.74, 6) is -0.191. The van der Waals surface area contributed by atoms with E-state index in [4.69, 9.17) is 17.3 Å². The first kappa shape index (κ1) is 15.8. The number of nitrogen functional groups attached to an aromatic ring is 1. The Morgan fingerprint density at radius 2 is 2.05 bits per heavy atom. The van der Waals surface area contributed by atoms with Crippen molar-refractivity contribution in [3.05, 3.63) is 28.8 Å². The van der Waals surface area contributed by atoms with Gasteiger partial charge in [-0.2, -0.15) is 0 Å². The van der Waals surface area contributed by atoms with Gasteiger partial charge >= 0.3 is 0 Å². The highest BCUT2D eigenvalue weighted by Crippen LogP contribution is 2.20. The Morgan fingerprint density at radius 3 is 2.63 bits per heavy atom. The number of carbonyl (C=O) groups excluding carboxylic acids is 1. The summed E-state index contributed by atoms with van der Waals surface area (Å²) in [6.07, 6.45) is 0. The number of halogens is 1. The molecule has 0 fully saturated rings. The normalized spacial score (nSPS) is 11.7. The SMILES string of the molecule is CN(C)CC(C)(C)CNC(=O)c1cc(N)ccc1Cl. The molecular formula is C14H22ClN3O. The van der Waals surface area contributed by atoms with Crippen LogP contribution in [0.2, 0.25) is 5.02 Å². The number of nitrogens with one attached hydrogen (secondary N) is 1. The Hall–Kier alpha value is -1.26. The maximum Gasteiger partial charge on any atom is 0.252 e. The van der Waals surface area contributed by atoms with E-state index in [1.54, 1.807) is 18.2 Å². The maximum atomic E-state index is 12.1. The van der Waals surface area contributed by atoms with Gasteiger partial charge < -0.3 is 16.0 Å². The van der Waals surface area contributed by atoms with Crippen molar-refractivity contribution in [2.24, 2.45) is 5.41 Å². The molecule has 1 rings (SSSR count). The lowest BCUT2D eigenvalue weighted by Crippen LogP contribution is -2.40. The number of rotatable bonds is 5. The van der Waals surface area contributed by atoms with Gasteiger partial charge in [-0.1, -0.05) is 25.4 Å². The first-order valence-electron chi connectivity index (χ1n) is 6.19. The van der Waals surface area contributed by atoms with Gasteiger partial charge in [0.2, 0.25) is 0 Å². The van der Waals surface area contributed by atoms with E-state index in [2.05, 4.69) is 24.1 Å². The molecular weight excluding hydrogens is 262 g/mol. The summed E-state index contributed by atoms with van der Waals surface area (Å²) in [7, 11) is 4.02. The van der Waals surface area contributed by atoms with E-state index in [9.17, 15) is 4.79 Å². The monoisotopic (exact) mass is 283 g/mol. The van der Waals surface area contributed by atoms with Gasteiger partial charge in [-0.25, -0.2) is 0 Å². The van der Waals surface area contributed by atoms with Crippen LogP contribution in [0.1, 0.15) is 24.2 Å². The van der Waals surface area contributed by atoms with Gasteiger partial charge in [-0.3, -0.25) is 4.79 Å². The number of nitrogens with two attached hydrogens (primary N) is 1. The number of amides is 1. The van der Waals surface area contributed by atoms with Crippen molar-refractivity contribution in [2.75, 3.05) is 32.9 Å². The summed E-state index contributed by atoms with van der Waals surface area (Å²) in [4.78, 5) is 14.2. The molecule has 0 unspecified atom stereocenters. The molecule has 0 heterocycles. The lowest BCUT2D eigenvalue weighted by atomic mass is 9.93. The molecule has 5 heteroatoms. The fraction of sp³-hybridized carbons (Fsp3) is 0.500. The van der Waals surface area contributed by atoms with Crippen LogP contribution in [0.3, 0.4) is 0 Å². The molecule has 0 saturated carbocycles. The van der Waals surface area contributed by atoms with E-state index in [0.29, 0.717) is 22.8 Å². The van der Waals surface area contributed by atoms with Crippen LogP contribution < -0.4 is 11.1 Å². The molecule has 1 amide bonds. The van der Waals surface area contributed by atoms with Crippen molar-refractivity contribution in [1.82, 2.24) is 10.2 Å². The number of carbonyl (C=O) groups is 1. The third-order valence-corrected chi connectivity index (χ3v) is 3.04. The van der Waals surface area contributed by atoms with Crippen LogP contribution in [0.25, 0.3) is 0 Å². The zero-order chi connectivity index (χ0) is 14.6. The quantitative estimate of drug-likeness (QED) is 0.815. The third-order valence-electron chi connectivity index (χ3n) is 2.71. The first-order valence-corrected chi connectivity index (χ1v) is 6.57. The lowest BCUT2D eigenvalue weighted by molar-refractivity contribution is 0.0929. The van der Waals surface area contributed by atoms with Crippen LogP contribution in [-0.2, 0) is 0 Å². The molecule has 0 aliphatic heterocycles. The summed E-state index contributed by atoms with van der Waals surface area (Å²) >= 11 is 6.00. The molecule has 0 aliphatic carbocycles. The van der Waals surface area contributed by atoms with Crippen molar-refractivity contribution >= 4 is 23.2 Å². The Morgan fingerprint density at radius 1 is 1.42 bits per heavy atom. The van der Waals surface area contributed by atoms with Crippen LogP contribution in [-0.4, -0.2) is 38.0 Å². The van der Waals surface area contributed by atoms with Crippen molar-refractivity contribution < 1.29 is 4.79 Å². The van der Waals surface area contributed by atoms with E-state index in [0.717, 1.165) is 6.54 Å². The van der Waals surface area contributed by atoms with Crippen molar-refractivity contribution in [1.29, 1.82) is 0 Å². The molecule has 0 aliphatic rings. The molecule has 1 aromatic carbocycles. The Balaban J connectivity index is 2.68. The number of benzene rings is 1. The molecule has 19 heavy (non-hydrogen) atoms. The van der Waals surface area contributed by atoms with Crippen LogP contribution in [0.4, 0.5) is 5.69 Å². The van der Waals surface area contributed by atoms with Gasteiger partial charge in [-0.05, 0) is 37.7 Å². The standard InChI is InChI=1S/C14H22ClN3O/c1-14(2,9-18(3)4)8-17-13(19)11-7-10(16)5-6-12(11)15/h5-7H,8-9,16H2,1-4H3,(H,17,19). The van der Waals surface area contributed by atoms with Gasteiger partial charge in [0.25, 0.3) is 5.91 Å². The van der Waals surface area contributed by atoms with Crippen LogP contribution in [0.15, 0.2) is 18.2 Å². The summed E-state index contributed by atoms with van der Waals surface area (Å²) in [5, 5.41) is 3.32. The molecule has 3 N–H and O–H groups in total. The second-order valence-corrected chi connectivity index (χ2v) is 6.23. The minimum atomic E-state index is -0.191. The molecule has 0 radical (unpaired) electrons. The fourth-order valence-corrected chi connectivity index (χ4v) is 2.25. The Labute approximate surface area is 119 Å². The van der Waals surface area contributed by atoms with E-state index in [1.165, 1.54) is 0 Å². The van der Waals surface area contributed by atoms with Gasteiger partial charge in [0.15, 0.2) is 0 Å². The number of nitrogens with zero attached hydrogens (tertiary/aromatic N) is 1. The lowest BCUT2D eigenvalue weighted by Gasteiger charge is -2.28. The van der Waals surface area contributed by atoms with Crippen molar-refractivity contribution in [2.45, 2.75) is 13.8 Å². The highest BCUT2D eigenvalue weighted by atomic mass is 35.5. The van der Waals surface area contributed by atoms with Crippen LogP contribution >= 0.6 is 11.6 Å². The molecule has 0 atom stereocenters. The van der Waals surface area contributed by atoms with E-state index < -0.39 is 0 Å². The van der Waals surface area contributed by atoms with E-state index in [-0.39, 0.29) is 11.3 Å². The van der Waals surface area contributed by atoms with E-state index >= 15 is 0 Å². The largest absolute Gasteiger partial charge is 0.399 e. The zero-order valence-corrected chi connectivity index (χ0v) is 12.7. The molecule has 1 aromatic rings. The van der Waals surface area contributed by atoms with Gasteiger partial charge in [-0.15, -0.1) is 0 Å². The zero-order valence-electron chi connectivity index (χ0n) is 12.0. The first-order chi connectivity index (χ1) is 8.71. The molecule has 0 spiro atoms. The van der Waals surface area contributed by atoms with Crippen molar-refractivity contribution in [3.8, 4) is 0 Å². The van der Waals surface area contributed by atoms with Crippen LogP contribution in [0.5, 0.6) is 0 Å². The molecule has 106 valence electrons. The molecule has 0 bridgehead atoms. The van der Waals surface area contributed by atoms with E-state index in [1.807, 2.05) is 14.1 Å². The predicted molar refractivity (Wildman–Crippen MR) is 80.5 cm³/mol. The van der Waals surface area contributed by atoms with Gasteiger partial charge in [0.05, 0.1) is 10.6 Å². The minimum Gasteiger partial charge on any atom is -0.399 e. The number of anilines is 1. The number of hydrogen-bond donors (Lipinski definition) is 2. The summed E-state index contributed by atoms with van der Waals surface area (Å²) in [6.45, 7) is 5.68. The average molecular weight is 284 g/mol. The average Bonchev–Trinajstić information content (AvgIpc) is 2.27. The Bertz CT molecular complexity index is 458. The second kappa shape index (κ2) is 6.26. The summed E-state index contributed by atoms with van der Waals surface area (Å²) in [6, 6.07) is 4.91.